The fraction of sp³-hybridized carbons (Fsp3) is 0.769. The molecule has 3 heteroatoms. The van der Waals surface area contributed by atoms with Gasteiger partial charge in [0.15, 0.2) is 0 Å². The minimum Gasteiger partial charge on any atom is -0.314 e. The Hall–Kier alpha value is -0.830. The van der Waals surface area contributed by atoms with Gasteiger partial charge in [0.1, 0.15) is 0 Å². The highest BCUT2D eigenvalue weighted by Gasteiger charge is 2.22. The van der Waals surface area contributed by atoms with Gasteiger partial charge in [0.2, 0.25) is 0 Å². The number of nitrogens with one attached hydrogen (secondary N) is 1. The summed E-state index contributed by atoms with van der Waals surface area (Å²) >= 11 is 0. The summed E-state index contributed by atoms with van der Waals surface area (Å²) in [7, 11) is 1.97. The summed E-state index contributed by atoms with van der Waals surface area (Å²) in [5.41, 5.74) is 1.15. The molecule has 2 unspecified atom stereocenters. The molecule has 2 rings (SSSR count). The second-order valence-corrected chi connectivity index (χ2v) is 4.91. The van der Waals surface area contributed by atoms with Crippen molar-refractivity contribution < 1.29 is 0 Å². The topological polar surface area (TPSA) is 29.9 Å². The number of hydrogen-bond donors (Lipinski definition) is 1. The van der Waals surface area contributed by atoms with E-state index in [9.17, 15) is 0 Å². The van der Waals surface area contributed by atoms with E-state index in [0.717, 1.165) is 18.2 Å². The first-order valence-corrected chi connectivity index (χ1v) is 6.52. The maximum atomic E-state index is 4.65. The highest BCUT2D eigenvalue weighted by Crippen LogP contribution is 2.33. The molecule has 1 aliphatic rings. The van der Waals surface area contributed by atoms with Gasteiger partial charge in [-0.1, -0.05) is 26.2 Å². The third kappa shape index (κ3) is 2.64. The van der Waals surface area contributed by atoms with Crippen LogP contribution >= 0.6 is 0 Å². The van der Waals surface area contributed by atoms with Crippen LogP contribution in [-0.4, -0.2) is 16.8 Å². The van der Waals surface area contributed by atoms with Crippen LogP contribution < -0.4 is 5.32 Å². The molecule has 0 saturated heterocycles. The molecule has 1 N–H and O–H groups in total. The molecule has 0 spiro atoms. The van der Waals surface area contributed by atoms with Crippen LogP contribution in [0.3, 0.4) is 0 Å². The maximum Gasteiger partial charge on any atom is 0.0762 e. The second kappa shape index (κ2) is 5.48. The van der Waals surface area contributed by atoms with Crippen molar-refractivity contribution in [3.8, 4) is 0 Å². The Kier molecular flexibility index (Phi) is 3.99. The van der Waals surface area contributed by atoms with E-state index in [2.05, 4.69) is 34.3 Å². The quantitative estimate of drug-likeness (QED) is 0.847. The number of rotatable bonds is 4. The SMILES string of the molecule is CCC1CCCC(n2ccc(CNC)n2)C1. The van der Waals surface area contributed by atoms with Crippen molar-refractivity contribution in [2.75, 3.05) is 7.05 Å². The standard InChI is InChI=1S/C13H23N3/c1-3-11-5-4-6-13(9-11)16-8-7-12(15-16)10-14-2/h7-8,11,13-14H,3-6,9-10H2,1-2H3. The summed E-state index contributed by atoms with van der Waals surface area (Å²) in [6, 6.07) is 2.77. The molecule has 1 heterocycles. The van der Waals surface area contributed by atoms with Crippen LogP contribution in [0, 0.1) is 5.92 Å². The van der Waals surface area contributed by atoms with Gasteiger partial charge in [-0.25, -0.2) is 0 Å². The molecule has 1 aromatic rings. The molecule has 1 aromatic heterocycles. The van der Waals surface area contributed by atoms with Crippen LogP contribution in [0.15, 0.2) is 12.3 Å². The summed E-state index contributed by atoms with van der Waals surface area (Å²) in [5, 5.41) is 7.79. The lowest BCUT2D eigenvalue weighted by Gasteiger charge is -2.28. The molecule has 1 aliphatic carbocycles. The van der Waals surface area contributed by atoms with E-state index in [1.54, 1.807) is 0 Å². The first kappa shape index (κ1) is 11.6. The van der Waals surface area contributed by atoms with Gasteiger partial charge in [0.05, 0.1) is 11.7 Å². The van der Waals surface area contributed by atoms with Gasteiger partial charge in [0.25, 0.3) is 0 Å². The molecule has 1 saturated carbocycles. The van der Waals surface area contributed by atoms with Gasteiger partial charge in [-0.3, -0.25) is 4.68 Å². The van der Waals surface area contributed by atoms with Crippen molar-refractivity contribution in [1.29, 1.82) is 0 Å². The van der Waals surface area contributed by atoms with Crippen molar-refractivity contribution in [2.24, 2.45) is 5.92 Å². The molecule has 1 fully saturated rings. The lowest BCUT2D eigenvalue weighted by molar-refractivity contribution is 0.247. The van der Waals surface area contributed by atoms with E-state index in [0.29, 0.717) is 6.04 Å². The van der Waals surface area contributed by atoms with Crippen LogP contribution in [-0.2, 0) is 6.54 Å². The fourth-order valence-corrected chi connectivity index (χ4v) is 2.73. The highest BCUT2D eigenvalue weighted by atomic mass is 15.3. The molecule has 0 bridgehead atoms. The molecule has 2 atom stereocenters. The van der Waals surface area contributed by atoms with Crippen molar-refractivity contribution in [3.05, 3.63) is 18.0 Å². The van der Waals surface area contributed by atoms with E-state index >= 15 is 0 Å². The first-order valence-electron chi connectivity index (χ1n) is 6.52. The highest BCUT2D eigenvalue weighted by molar-refractivity contribution is 4.99. The summed E-state index contributed by atoms with van der Waals surface area (Å²) in [5.74, 6) is 0.913. The van der Waals surface area contributed by atoms with Gasteiger partial charge in [-0.15, -0.1) is 0 Å². The van der Waals surface area contributed by atoms with Gasteiger partial charge in [0, 0.05) is 12.7 Å². The van der Waals surface area contributed by atoms with E-state index in [1.165, 1.54) is 32.1 Å². The van der Waals surface area contributed by atoms with Crippen LogP contribution in [0.1, 0.15) is 50.8 Å². The van der Waals surface area contributed by atoms with Gasteiger partial charge in [-0.2, -0.15) is 5.10 Å². The van der Waals surface area contributed by atoms with Crippen LogP contribution in [0.4, 0.5) is 0 Å². The molecule has 0 radical (unpaired) electrons. The largest absolute Gasteiger partial charge is 0.314 e. The predicted molar refractivity (Wildman–Crippen MR) is 66.3 cm³/mol. The molecule has 90 valence electrons. The van der Waals surface area contributed by atoms with E-state index in [4.69, 9.17) is 0 Å². The van der Waals surface area contributed by atoms with Gasteiger partial charge in [-0.05, 0) is 31.9 Å². The zero-order chi connectivity index (χ0) is 11.4. The van der Waals surface area contributed by atoms with Crippen molar-refractivity contribution >= 4 is 0 Å². The average molecular weight is 221 g/mol. The van der Waals surface area contributed by atoms with E-state index < -0.39 is 0 Å². The molecule has 16 heavy (non-hydrogen) atoms. The molecular weight excluding hydrogens is 198 g/mol. The molecule has 0 amide bonds. The van der Waals surface area contributed by atoms with Gasteiger partial charge >= 0.3 is 0 Å². The first-order chi connectivity index (χ1) is 7.83. The van der Waals surface area contributed by atoms with Crippen molar-refractivity contribution in [3.63, 3.8) is 0 Å². The molecule has 0 aliphatic heterocycles. The van der Waals surface area contributed by atoms with E-state index in [-0.39, 0.29) is 0 Å². The fourth-order valence-electron chi connectivity index (χ4n) is 2.73. The second-order valence-electron chi connectivity index (χ2n) is 4.91. The minimum absolute atomic E-state index is 0.643. The van der Waals surface area contributed by atoms with Crippen LogP contribution in [0.2, 0.25) is 0 Å². The Morgan fingerprint density at radius 1 is 1.50 bits per heavy atom. The van der Waals surface area contributed by atoms with E-state index in [1.807, 2.05) is 7.05 Å². The lowest BCUT2D eigenvalue weighted by Crippen LogP contribution is -2.19. The summed E-state index contributed by atoms with van der Waals surface area (Å²) in [6.07, 6.45) is 8.87. The van der Waals surface area contributed by atoms with Crippen LogP contribution in [0.5, 0.6) is 0 Å². The third-order valence-corrected chi connectivity index (χ3v) is 3.73. The monoisotopic (exact) mass is 221 g/mol. The molecule has 0 aromatic carbocycles. The maximum absolute atomic E-state index is 4.65. The smallest absolute Gasteiger partial charge is 0.0762 e. The average Bonchev–Trinajstić information content (AvgIpc) is 2.78. The molecule has 3 nitrogen and oxygen atoms in total. The zero-order valence-electron chi connectivity index (χ0n) is 10.4. The summed E-state index contributed by atoms with van der Waals surface area (Å²) in [6.45, 7) is 3.18. The Labute approximate surface area is 98.2 Å². The van der Waals surface area contributed by atoms with Gasteiger partial charge < -0.3 is 5.32 Å². The molecular formula is C13H23N3. The predicted octanol–water partition coefficient (Wildman–Crippen LogP) is 2.74. The van der Waals surface area contributed by atoms with Crippen LogP contribution in [0.25, 0.3) is 0 Å². The number of aromatic nitrogens is 2. The third-order valence-electron chi connectivity index (χ3n) is 3.73. The number of hydrogen-bond acceptors (Lipinski definition) is 2. The minimum atomic E-state index is 0.643. The van der Waals surface area contributed by atoms with Crippen molar-refractivity contribution in [1.82, 2.24) is 15.1 Å². The zero-order valence-corrected chi connectivity index (χ0v) is 10.4. The van der Waals surface area contributed by atoms with Crippen molar-refractivity contribution in [2.45, 2.75) is 51.6 Å². The summed E-state index contributed by atoms with van der Waals surface area (Å²) in [4.78, 5) is 0. The number of nitrogens with zero attached hydrogens (tertiary/aromatic N) is 2. The Morgan fingerprint density at radius 2 is 2.38 bits per heavy atom. The lowest BCUT2D eigenvalue weighted by atomic mass is 9.84. The Bertz CT molecular complexity index is 319. The normalized spacial score (nSPS) is 25.9. The summed E-state index contributed by atoms with van der Waals surface area (Å²) < 4.78 is 2.19. The Morgan fingerprint density at radius 3 is 3.12 bits per heavy atom. The Balaban J connectivity index is 1.99.